The van der Waals surface area contributed by atoms with Gasteiger partial charge in [-0.3, -0.25) is 11.3 Å². The third kappa shape index (κ3) is 2.95. The van der Waals surface area contributed by atoms with Gasteiger partial charge in [0.15, 0.2) is 11.6 Å². The fourth-order valence-corrected chi connectivity index (χ4v) is 3.17. The lowest BCUT2D eigenvalue weighted by Gasteiger charge is -2.14. The predicted octanol–water partition coefficient (Wildman–Crippen LogP) is 3.54. The molecule has 0 aliphatic carbocycles. The van der Waals surface area contributed by atoms with Gasteiger partial charge in [-0.05, 0) is 46.1 Å². The lowest BCUT2D eigenvalue weighted by Crippen LogP contribution is -2.29. The molecule has 1 unspecified atom stereocenters. The average molecular weight is 333 g/mol. The van der Waals surface area contributed by atoms with E-state index in [4.69, 9.17) is 5.84 Å². The van der Waals surface area contributed by atoms with Crippen LogP contribution >= 0.6 is 27.3 Å². The van der Waals surface area contributed by atoms with Crippen molar-refractivity contribution in [1.82, 2.24) is 5.43 Å². The van der Waals surface area contributed by atoms with Crippen molar-refractivity contribution in [2.45, 2.75) is 12.5 Å². The van der Waals surface area contributed by atoms with Crippen LogP contribution in [0.25, 0.3) is 0 Å². The molecule has 1 atom stereocenters. The molecule has 2 aromatic rings. The topological polar surface area (TPSA) is 38.0 Å². The fourth-order valence-electron chi connectivity index (χ4n) is 1.68. The minimum absolute atomic E-state index is 0.238. The molecule has 0 bridgehead atoms. The van der Waals surface area contributed by atoms with Crippen molar-refractivity contribution >= 4 is 27.3 Å². The van der Waals surface area contributed by atoms with Gasteiger partial charge in [0.05, 0.1) is 9.83 Å². The number of halogens is 3. The normalized spacial score (nSPS) is 12.7. The van der Waals surface area contributed by atoms with Crippen LogP contribution in [0.1, 0.15) is 16.5 Å². The second kappa shape index (κ2) is 5.88. The maximum absolute atomic E-state index is 13.6. The summed E-state index contributed by atoms with van der Waals surface area (Å²) < 4.78 is 27.6. The summed E-state index contributed by atoms with van der Waals surface area (Å²) >= 11 is 4.86. The van der Waals surface area contributed by atoms with Crippen LogP contribution < -0.4 is 11.3 Å². The van der Waals surface area contributed by atoms with Crippen molar-refractivity contribution in [3.05, 3.63) is 56.2 Å². The molecule has 18 heavy (non-hydrogen) atoms. The lowest BCUT2D eigenvalue weighted by atomic mass is 10.0. The molecule has 96 valence electrons. The van der Waals surface area contributed by atoms with Crippen LogP contribution in [-0.2, 0) is 6.42 Å². The molecule has 0 amide bonds. The van der Waals surface area contributed by atoms with Crippen LogP contribution in [0, 0.1) is 11.6 Å². The molecular formula is C12H11BrF2N2S. The van der Waals surface area contributed by atoms with Crippen LogP contribution in [0.3, 0.4) is 0 Å². The van der Waals surface area contributed by atoms with Crippen molar-refractivity contribution in [1.29, 1.82) is 0 Å². The zero-order valence-electron chi connectivity index (χ0n) is 9.29. The highest BCUT2D eigenvalue weighted by molar-refractivity contribution is 9.11. The number of hydrogen-bond donors (Lipinski definition) is 2. The van der Waals surface area contributed by atoms with Crippen LogP contribution in [0.4, 0.5) is 8.78 Å². The third-order valence-electron chi connectivity index (χ3n) is 2.59. The molecule has 0 aliphatic heterocycles. The molecule has 1 heterocycles. The van der Waals surface area contributed by atoms with E-state index in [-0.39, 0.29) is 6.04 Å². The number of rotatable bonds is 4. The van der Waals surface area contributed by atoms with Crippen LogP contribution in [0.15, 0.2) is 34.1 Å². The second-order valence-corrected chi connectivity index (χ2v) is 6.27. The van der Waals surface area contributed by atoms with Gasteiger partial charge in [0.2, 0.25) is 0 Å². The van der Waals surface area contributed by atoms with E-state index in [0.717, 1.165) is 14.7 Å². The zero-order valence-corrected chi connectivity index (χ0v) is 11.7. The Morgan fingerprint density at radius 3 is 2.67 bits per heavy atom. The Balaban J connectivity index is 2.23. The lowest BCUT2D eigenvalue weighted by molar-refractivity contribution is 0.483. The second-order valence-electron chi connectivity index (χ2n) is 3.78. The van der Waals surface area contributed by atoms with Gasteiger partial charge in [-0.15, -0.1) is 11.3 Å². The van der Waals surface area contributed by atoms with E-state index in [0.29, 0.717) is 12.0 Å². The first-order chi connectivity index (χ1) is 8.61. The smallest absolute Gasteiger partial charge is 0.162 e. The molecule has 0 radical (unpaired) electrons. The number of nitrogens with two attached hydrogens (primary N) is 1. The van der Waals surface area contributed by atoms with E-state index in [1.807, 2.05) is 12.1 Å². The van der Waals surface area contributed by atoms with E-state index < -0.39 is 11.6 Å². The van der Waals surface area contributed by atoms with E-state index in [1.165, 1.54) is 17.4 Å². The van der Waals surface area contributed by atoms with Crippen molar-refractivity contribution < 1.29 is 8.78 Å². The largest absolute Gasteiger partial charge is 0.271 e. The number of hydrogen-bond acceptors (Lipinski definition) is 3. The monoisotopic (exact) mass is 332 g/mol. The van der Waals surface area contributed by atoms with E-state index in [9.17, 15) is 8.78 Å². The van der Waals surface area contributed by atoms with Gasteiger partial charge in [0.1, 0.15) is 0 Å². The summed E-state index contributed by atoms with van der Waals surface area (Å²) in [6.45, 7) is 0. The maximum atomic E-state index is 13.6. The summed E-state index contributed by atoms with van der Waals surface area (Å²) in [5.74, 6) is 3.83. The summed E-state index contributed by atoms with van der Waals surface area (Å²) in [6.07, 6.45) is 0.299. The highest BCUT2D eigenvalue weighted by atomic mass is 79.9. The first kappa shape index (κ1) is 13.6. The van der Waals surface area contributed by atoms with Crippen molar-refractivity contribution in [3.8, 4) is 0 Å². The van der Waals surface area contributed by atoms with E-state index >= 15 is 0 Å². The van der Waals surface area contributed by atoms with Gasteiger partial charge in [0.25, 0.3) is 0 Å². The Bertz CT molecular complexity index is 545. The molecule has 6 heteroatoms. The number of nitrogens with one attached hydrogen (secondary N) is 1. The molecule has 0 fully saturated rings. The van der Waals surface area contributed by atoms with Crippen molar-refractivity contribution in [2.75, 3.05) is 0 Å². The molecule has 1 aromatic heterocycles. The molecule has 0 saturated heterocycles. The standard InChI is InChI=1S/C12H11BrF2N2S/c13-11-5-4-10(18-11)9(17-16)6-7-2-1-3-8(14)12(7)15/h1-5,9,17H,6,16H2. The highest BCUT2D eigenvalue weighted by Gasteiger charge is 2.16. The Labute approximate surface area is 116 Å². The van der Waals surface area contributed by atoms with Crippen molar-refractivity contribution in [3.63, 3.8) is 0 Å². The van der Waals surface area contributed by atoms with E-state index in [2.05, 4.69) is 21.4 Å². The molecule has 0 aliphatic rings. The molecule has 2 rings (SSSR count). The average Bonchev–Trinajstić information content (AvgIpc) is 2.78. The highest BCUT2D eigenvalue weighted by Crippen LogP contribution is 2.29. The molecule has 0 spiro atoms. The van der Waals surface area contributed by atoms with Crippen LogP contribution in [0.5, 0.6) is 0 Å². The van der Waals surface area contributed by atoms with Gasteiger partial charge in [-0.25, -0.2) is 8.78 Å². The van der Waals surface area contributed by atoms with Crippen LogP contribution in [-0.4, -0.2) is 0 Å². The molecule has 2 nitrogen and oxygen atoms in total. The quantitative estimate of drug-likeness (QED) is 0.663. The zero-order chi connectivity index (χ0) is 13.1. The third-order valence-corrected chi connectivity index (χ3v) is 4.33. The Morgan fingerprint density at radius 1 is 1.28 bits per heavy atom. The first-order valence-corrected chi connectivity index (χ1v) is 6.87. The number of benzene rings is 1. The van der Waals surface area contributed by atoms with Gasteiger partial charge in [-0.2, -0.15) is 0 Å². The molecule has 1 aromatic carbocycles. The Morgan fingerprint density at radius 2 is 2.06 bits per heavy atom. The predicted molar refractivity (Wildman–Crippen MR) is 72.1 cm³/mol. The maximum Gasteiger partial charge on any atom is 0.162 e. The number of hydrazine groups is 1. The summed E-state index contributed by atoms with van der Waals surface area (Å²) in [6, 6.07) is 7.71. The van der Waals surface area contributed by atoms with Gasteiger partial charge >= 0.3 is 0 Å². The summed E-state index contributed by atoms with van der Waals surface area (Å²) in [5, 5.41) is 0. The molecule has 3 N–H and O–H groups in total. The summed E-state index contributed by atoms with van der Waals surface area (Å²) in [5.41, 5.74) is 2.94. The number of thiophene rings is 1. The first-order valence-electron chi connectivity index (χ1n) is 5.26. The minimum Gasteiger partial charge on any atom is -0.271 e. The summed E-state index contributed by atoms with van der Waals surface area (Å²) in [7, 11) is 0. The summed E-state index contributed by atoms with van der Waals surface area (Å²) in [4.78, 5) is 0.966. The minimum atomic E-state index is -0.837. The molecular weight excluding hydrogens is 322 g/mol. The van der Waals surface area contributed by atoms with Gasteiger partial charge < -0.3 is 0 Å². The van der Waals surface area contributed by atoms with E-state index in [1.54, 1.807) is 6.07 Å². The SMILES string of the molecule is NNC(Cc1cccc(F)c1F)c1ccc(Br)s1. The van der Waals surface area contributed by atoms with Crippen molar-refractivity contribution in [2.24, 2.45) is 5.84 Å². The fraction of sp³-hybridized carbons (Fsp3) is 0.167. The molecule has 0 saturated carbocycles. The van der Waals surface area contributed by atoms with Gasteiger partial charge in [-0.1, -0.05) is 12.1 Å². The Hall–Kier alpha value is -0.820. The van der Waals surface area contributed by atoms with Gasteiger partial charge in [0, 0.05) is 4.88 Å². The Kier molecular flexibility index (Phi) is 4.45. The van der Waals surface area contributed by atoms with Crippen LogP contribution in [0.2, 0.25) is 0 Å².